The monoisotopic (exact) mass is 318 g/mol. The molecular weight excluding hydrogens is 296 g/mol. The molecule has 1 aromatic rings. The van der Waals surface area contributed by atoms with E-state index in [1.807, 2.05) is 16.8 Å². The van der Waals surface area contributed by atoms with E-state index in [4.69, 9.17) is 4.74 Å². The number of hydrogen-bond donors (Lipinski definition) is 0. The predicted octanol–water partition coefficient (Wildman–Crippen LogP) is 3.62. The molecule has 4 aliphatic carbocycles. The van der Waals surface area contributed by atoms with E-state index in [1.54, 1.807) is 11.3 Å². The molecule has 0 N–H and O–H groups in total. The van der Waals surface area contributed by atoms with E-state index in [9.17, 15) is 9.59 Å². The van der Waals surface area contributed by atoms with Crippen LogP contribution in [0.25, 0.3) is 0 Å². The summed E-state index contributed by atoms with van der Waals surface area (Å²) in [6, 6.07) is 1.92. The zero-order valence-electron chi connectivity index (χ0n) is 12.8. The van der Waals surface area contributed by atoms with E-state index >= 15 is 0 Å². The van der Waals surface area contributed by atoms with Crippen molar-refractivity contribution in [2.24, 2.45) is 23.2 Å². The Morgan fingerprint density at radius 1 is 1.14 bits per heavy atom. The van der Waals surface area contributed by atoms with E-state index < -0.39 is 0 Å². The van der Waals surface area contributed by atoms with Gasteiger partial charge in [0.15, 0.2) is 12.4 Å². The van der Waals surface area contributed by atoms with Crippen LogP contribution in [0.3, 0.4) is 0 Å². The Labute approximate surface area is 135 Å². The average molecular weight is 318 g/mol. The van der Waals surface area contributed by atoms with Crippen molar-refractivity contribution in [3.63, 3.8) is 0 Å². The van der Waals surface area contributed by atoms with Crippen molar-refractivity contribution in [1.82, 2.24) is 0 Å². The largest absolute Gasteiger partial charge is 0.457 e. The van der Waals surface area contributed by atoms with Gasteiger partial charge in [-0.1, -0.05) is 0 Å². The summed E-state index contributed by atoms with van der Waals surface area (Å²) in [5.74, 6) is 2.15. The SMILES string of the molecule is O=C(Cc1ccsc1)OCC(=O)C12CC3CC(CC(C3)C1)C2. The lowest BCUT2D eigenvalue weighted by Crippen LogP contribution is -2.51. The molecule has 0 aliphatic heterocycles. The average Bonchev–Trinajstić information content (AvgIpc) is 2.96. The highest BCUT2D eigenvalue weighted by Crippen LogP contribution is 2.60. The summed E-state index contributed by atoms with van der Waals surface area (Å²) in [7, 11) is 0. The van der Waals surface area contributed by atoms with Crippen LogP contribution in [0.4, 0.5) is 0 Å². The van der Waals surface area contributed by atoms with Crippen LogP contribution in [-0.4, -0.2) is 18.4 Å². The number of hydrogen-bond acceptors (Lipinski definition) is 4. The number of thiophene rings is 1. The van der Waals surface area contributed by atoms with Gasteiger partial charge in [-0.15, -0.1) is 0 Å². The third-order valence-electron chi connectivity index (χ3n) is 5.92. The number of carbonyl (C=O) groups excluding carboxylic acids is 2. The van der Waals surface area contributed by atoms with Gasteiger partial charge >= 0.3 is 5.97 Å². The summed E-state index contributed by atoms with van der Waals surface area (Å²) in [5.41, 5.74) is 0.814. The van der Waals surface area contributed by atoms with Crippen molar-refractivity contribution in [1.29, 1.82) is 0 Å². The molecule has 118 valence electrons. The summed E-state index contributed by atoms with van der Waals surface area (Å²) in [6.07, 6.45) is 7.37. The molecule has 1 heterocycles. The van der Waals surface area contributed by atoms with Crippen LogP contribution < -0.4 is 0 Å². The minimum Gasteiger partial charge on any atom is -0.457 e. The molecule has 0 atom stereocenters. The molecule has 4 aliphatic rings. The highest BCUT2D eigenvalue weighted by atomic mass is 32.1. The fourth-order valence-electron chi connectivity index (χ4n) is 5.36. The summed E-state index contributed by atoms with van der Waals surface area (Å²) in [4.78, 5) is 24.6. The minimum absolute atomic E-state index is 0.0187. The molecule has 4 heteroatoms. The number of rotatable bonds is 5. The molecule has 0 amide bonds. The lowest BCUT2D eigenvalue weighted by atomic mass is 9.48. The first kappa shape index (κ1) is 14.4. The molecule has 0 unspecified atom stereocenters. The van der Waals surface area contributed by atoms with Crippen molar-refractivity contribution in [3.8, 4) is 0 Å². The van der Waals surface area contributed by atoms with Crippen LogP contribution in [0.2, 0.25) is 0 Å². The highest BCUT2D eigenvalue weighted by Gasteiger charge is 2.54. The van der Waals surface area contributed by atoms with Gasteiger partial charge in [-0.3, -0.25) is 9.59 Å². The van der Waals surface area contributed by atoms with Gasteiger partial charge in [0.2, 0.25) is 0 Å². The Balaban J connectivity index is 1.35. The molecule has 0 saturated heterocycles. The lowest BCUT2D eigenvalue weighted by molar-refractivity contribution is -0.157. The van der Waals surface area contributed by atoms with Crippen molar-refractivity contribution in [2.75, 3.05) is 6.61 Å². The van der Waals surface area contributed by atoms with Crippen LogP contribution in [0.5, 0.6) is 0 Å². The molecule has 0 radical (unpaired) electrons. The summed E-state index contributed by atoms with van der Waals surface area (Å²) in [6.45, 7) is -0.0187. The second-order valence-corrected chi connectivity index (χ2v) is 8.37. The molecular formula is C18H22O3S. The molecule has 5 rings (SSSR count). The third kappa shape index (κ3) is 2.62. The van der Waals surface area contributed by atoms with E-state index in [-0.39, 0.29) is 30.2 Å². The molecule has 4 bridgehead atoms. The Kier molecular flexibility index (Phi) is 3.60. The molecule has 1 aromatic heterocycles. The van der Waals surface area contributed by atoms with Crippen molar-refractivity contribution >= 4 is 23.1 Å². The topological polar surface area (TPSA) is 43.4 Å². The molecule has 4 saturated carbocycles. The van der Waals surface area contributed by atoms with Gasteiger partial charge in [-0.25, -0.2) is 0 Å². The zero-order chi connectivity index (χ0) is 15.2. The van der Waals surface area contributed by atoms with Gasteiger partial charge < -0.3 is 4.74 Å². The number of Topliss-reactive ketones (excluding diaryl/α,β-unsaturated/α-hetero) is 1. The number of carbonyl (C=O) groups is 2. The summed E-state index contributed by atoms with van der Waals surface area (Å²) >= 11 is 1.57. The Morgan fingerprint density at radius 3 is 2.32 bits per heavy atom. The van der Waals surface area contributed by atoms with Gasteiger partial charge in [0.1, 0.15) is 0 Å². The quantitative estimate of drug-likeness (QED) is 0.779. The standard InChI is InChI=1S/C18H22O3S/c19-16(10-21-17(20)6-12-1-2-22-11-12)18-7-13-3-14(8-18)5-15(4-13)9-18/h1-2,11,13-15H,3-10H2. The Morgan fingerprint density at radius 2 is 1.77 bits per heavy atom. The third-order valence-corrected chi connectivity index (χ3v) is 6.65. The Hall–Kier alpha value is -1.16. The van der Waals surface area contributed by atoms with Crippen molar-refractivity contribution < 1.29 is 14.3 Å². The summed E-state index contributed by atoms with van der Waals surface area (Å²) < 4.78 is 5.28. The van der Waals surface area contributed by atoms with Crippen LogP contribution >= 0.6 is 11.3 Å². The van der Waals surface area contributed by atoms with E-state index in [2.05, 4.69) is 0 Å². The lowest BCUT2D eigenvalue weighted by Gasteiger charge is -2.55. The number of esters is 1. The van der Waals surface area contributed by atoms with E-state index in [0.717, 1.165) is 42.6 Å². The number of ketones is 1. The van der Waals surface area contributed by atoms with E-state index in [0.29, 0.717) is 0 Å². The molecule has 3 nitrogen and oxygen atoms in total. The van der Waals surface area contributed by atoms with E-state index in [1.165, 1.54) is 19.3 Å². The minimum atomic E-state index is -0.281. The first-order valence-electron chi connectivity index (χ1n) is 8.33. The smallest absolute Gasteiger partial charge is 0.310 e. The van der Waals surface area contributed by atoms with Gasteiger partial charge in [-0.05, 0) is 78.7 Å². The van der Waals surface area contributed by atoms with Gasteiger partial charge in [-0.2, -0.15) is 11.3 Å². The highest BCUT2D eigenvalue weighted by molar-refractivity contribution is 7.07. The van der Waals surface area contributed by atoms with Crippen LogP contribution in [0.1, 0.15) is 44.1 Å². The maximum atomic E-state index is 12.7. The van der Waals surface area contributed by atoms with Crippen molar-refractivity contribution in [2.45, 2.75) is 44.9 Å². The molecule has 0 aromatic carbocycles. The first-order valence-corrected chi connectivity index (χ1v) is 9.27. The summed E-state index contributed by atoms with van der Waals surface area (Å²) in [5, 5.41) is 3.89. The predicted molar refractivity (Wildman–Crippen MR) is 84.6 cm³/mol. The maximum absolute atomic E-state index is 12.7. The zero-order valence-corrected chi connectivity index (χ0v) is 13.6. The van der Waals surface area contributed by atoms with Crippen LogP contribution in [0.15, 0.2) is 16.8 Å². The second-order valence-electron chi connectivity index (χ2n) is 7.59. The fourth-order valence-corrected chi connectivity index (χ4v) is 6.03. The number of ether oxygens (including phenoxy) is 1. The molecule has 0 spiro atoms. The Bertz CT molecular complexity index is 540. The van der Waals surface area contributed by atoms with Gasteiger partial charge in [0, 0.05) is 5.41 Å². The maximum Gasteiger partial charge on any atom is 0.310 e. The van der Waals surface area contributed by atoms with Gasteiger partial charge in [0.25, 0.3) is 0 Å². The normalized spacial score (nSPS) is 35.5. The van der Waals surface area contributed by atoms with Crippen LogP contribution in [0, 0.1) is 23.2 Å². The van der Waals surface area contributed by atoms with Gasteiger partial charge in [0.05, 0.1) is 6.42 Å². The molecule has 22 heavy (non-hydrogen) atoms. The van der Waals surface area contributed by atoms with Crippen molar-refractivity contribution in [3.05, 3.63) is 22.4 Å². The second kappa shape index (κ2) is 5.48. The first-order chi connectivity index (χ1) is 10.6. The van der Waals surface area contributed by atoms with Crippen LogP contribution in [-0.2, 0) is 20.7 Å². The fraction of sp³-hybridized carbons (Fsp3) is 0.667. The molecule has 4 fully saturated rings.